The number of piperidine rings is 1. The molecule has 0 unspecified atom stereocenters. The Hall–Kier alpha value is -3.00. The predicted molar refractivity (Wildman–Crippen MR) is 107 cm³/mol. The summed E-state index contributed by atoms with van der Waals surface area (Å²) in [5, 5.41) is 2.06. The van der Waals surface area contributed by atoms with Gasteiger partial charge in [0.1, 0.15) is 17.2 Å². The van der Waals surface area contributed by atoms with Crippen LogP contribution in [0.25, 0.3) is 5.65 Å². The standard InChI is InChI=1S/C20H20N6OS/c27-20(17-12-24-7-2-1-5-18(24)23-17)26-8-3-4-15(10-26)19-21-6-9-25(19)11-16-13-28-14-22-16/h1-2,5-7,9,12-15H,3-4,8,10-11H2/t15-/m1/s1. The van der Waals surface area contributed by atoms with E-state index in [0.29, 0.717) is 12.2 Å². The van der Waals surface area contributed by atoms with Crippen molar-refractivity contribution in [2.45, 2.75) is 25.3 Å². The van der Waals surface area contributed by atoms with Crippen molar-refractivity contribution < 1.29 is 4.79 Å². The van der Waals surface area contributed by atoms with E-state index in [1.165, 1.54) is 0 Å². The van der Waals surface area contributed by atoms with Crippen LogP contribution in [0, 0.1) is 0 Å². The van der Waals surface area contributed by atoms with Gasteiger partial charge in [-0.1, -0.05) is 6.07 Å². The zero-order valence-electron chi connectivity index (χ0n) is 15.3. The number of pyridine rings is 1. The number of nitrogens with zero attached hydrogens (tertiary/aromatic N) is 6. The third kappa shape index (κ3) is 3.20. The number of carbonyl (C=O) groups excluding carboxylic acids is 1. The lowest BCUT2D eigenvalue weighted by molar-refractivity contribution is 0.0698. The smallest absolute Gasteiger partial charge is 0.274 e. The van der Waals surface area contributed by atoms with E-state index in [9.17, 15) is 4.79 Å². The van der Waals surface area contributed by atoms with Crippen LogP contribution in [0.2, 0.25) is 0 Å². The van der Waals surface area contributed by atoms with Crippen molar-refractivity contribution in [2.24, 2.45) is 0 Å². The summed E-state index contributed by atoms with van der Waals surface area (Å²) in [5.74, 6) is 1.25. The van der Waals surface area contributed by atoms with Crippen molar-refractivity contribution in [2.75, 3.05) is 13.1 Å². The number of amides is 1. The SMILES string of the molecule is O=C(c1cn2ccccc2n1)N1CCC[C@@H](c2nccn2Cc2cscn2)C1. The molecule has 0 radical (unpaired) electrons. The summed E-state index contributed by atoms with van der Waals surface area (Å²) >= 11 is 1.60. The van der Waals surface area contributed by atoms with Crippen LogP contribution in [0.5, 0.6) is 0 Å². The molecule has 1 fully saturated rings. The summed E-state index contributed by atoms with van der Waals surface area (Å²) in [4.78, 5) is 28.4. The summed E-state index contributed by atoms with van der Waals surface area (Å²) in [6.07, 6.45) is 9.55. The van der Waals surface area contributed by atoms with Crippen molar-refractivity contribution in [1.29, 1.82) is 0 Å². The van der Waals surface area contributed by atoms with E-state index in [4.69, 9.17) is 0 Å². The van der Waals surface area contributed by atoms with Gasteiger partial charge in [-0.3, -0.25) is 4.79 Å². The molecule has 0 bridgehead atoms. The van der Waals surface area contributed by atoms with Gasteiger partial charge in [0.05, 0.1) is 17.7 Å². The topological polar surface area (TPSA) is 68.3 Å². The summed E-state index contributed by atoms with van der Waals surface area (Å²) in [6, 6.07) is 5.77. The molecular weight excluding hydrogens is 372 g/mol. The van der Waals surface area contributed by atoms with Crippen molar-refractivity contribution in [3.8, 4) is 0 Å². The molecule has 4 aromatic rings. The number of carbonyl (C=O) groups is 1. The molecule has 0 saturated carbocycles. The van der Waals surface area contributed by atoms with E-state index in [-0.39, 0.29) is 11.8 Å². The van der Waals surface area contributed by atoms with Crippen LogP contribution in [-0.4, -0.2) is 47.8 Å². The van der Waals surface area contributed by atoms with E-state index >= 15 is 0 Å². The fraction of sp³-hybridized carbons (Fsp3) is 0.300. The molecule has 1 atom stereocenters. The minimum atomic E-state index is -0.00833. The highest BCUT2D eigenvalue weighted by molar-refractivity contribution is 7.07. The number of imidazole rings is 2. The Morgan fingerprint density at radius 2 is 2.21 bits per heavy atom. The monoisotopic (exact) mass is 392 g/mol. The number of hydrogen-bond acceptors (Lipinski definition) is 5. The van der Waals surface area contributed by atoms with Gasteiger partial charge in [0, 0.05) is 49.2 Å². The highest BCUT2D eigenvalue weighted by atomic mass is 32.1. The molecule has 1 aliphatic rings. The molecule has 8 heteroatoms. The number of rotatable bonds is 4. The molecule has 1 saturated heterocycles. The first-order valence-corrected chi connectivity index (χ1v) is 10.3. The van der Waals surface area contributed by atoms with Crippen LogP contribution in [0.15, 0.2) is 53.9 Å². The van der Waals surface area contributed by atoms with Gasteiger partial charge in [0.15, 0.2) is 0 Å². The molecule has 4 aromatic heterocycles. The lowest BCUT2D eigenvalue weighted by atomic mass is 9.97. The van der Waals surface area contributed by atoms with Crippen LogP contribution >= 0.6 is 11.3 Å². The Morgan fingerprint density at radius 1 is 1.25 bits per heavy atom. The van der Waals surface area contributed by atoms with Crippen LogP contribution in [-0.2, 0) is 6.54 Å². The van der Waals surface area contributed by atoms with Crippen molar-refractivity contribution in [3.63, 3.8) is 0 Å². The van der Waals surface area contributed by atoms with Gasteiger partial charge in [-0.05, 0) is 25.0 Å². The number of aromatic nitrogens is 5. The maximum Gasteiger partial charge on any atom is 0.274 e. The summed E-state index contributed by atoms with van der Waals surface area (Å²) in [5.41, 5.74) is 4.18. The summed E-state index contributed by atoms with van der Waals surface area (Å²) < 4.78 is 4.04. The lowest BCUT2D eigenvalue weighted by Crippen LogP contribution is -2.40. The second-order valence-electron chi connectivity index (χ2n) is 7.08. The lowest BCUT2D eigenvalue weighted by Gasteiger charge is -2.32. The molecule has 0 N–H and O–H groups in total. The zero-order chi connectivity index (χ0) is 18.9. The molecule has 7 nitrogen and oxygen atoms in total. The van der Waals surface area contributed by atoms with Crippen LogP contribution in [0.3, 0.4) is 0 Å². The Balaban J connectivity index is 1.35. The van der Waals surface area contributed by atoms with Gasteiger partial charge in [0.25, 0.3) is 5.91 Å². The largest absolute Gasteiger partial charge is 0.337 e. The van der Waals surface area contributed by atoms with Crippen molar-refractivity contribution >= 4 is 22.9 Å². The Morgan fingerprint density at radius 3 is 3.07 bits per heavy atom. The minimum Gasteiger partial charge on any atom is -0.337 e. The van der Waals surface area contributed by atoms with Crippen molar-refractivity contribution in [3.05, 3.63) is 71.1 Å². The molecule has 1 amide bonds. The average molecular weight is 392 g/mol. The van der Waals surface area contributed by atoms with Crippen molar-refractivity contribution in [1.82, 2.24) is 28.8 Å². The minimum absolute atomic E-state index is 0.00833. The van der Waals surface area contributed by atoms with Crippen LogP contribution in [0.1, 0.15) is 40.8 Å². The number of thiazole rings is 1. The molecule has 0 aromatic carbocycles. The Bertz CT molecular complexity index is 1070. The molecular formula is C20H20N6OS. The maximum absolute atomic E-state index is 13.0. The number of hydrogen-bond donors (Lipinski definition) is 0. The van der Waals surface area contributed by atoms with Gasteiger partial charge < -0.3 is 13.9 Å². The zero-order valence-corrected chi connectivity index (χ0v) is 16.1. The first-order chi connectivity index (χ1) is 13.8. The van der Waals surface area contributed by atoms with Gasteiger partial charge in [-0.15, -0.1) is 11.3 Å². The highest BCUT2D eigenvalue weighted by Gasteiger charge is 2.29. The van der Waals surface area contributed by atoms with E-state index in [1.54, 1.807) is 11.3 Å². The maximum atomic E-state index is 13.0. The molecule has 0 aliphatic carbocycles. The predicted octanol–water partition coefficient (Wildman–Crippen LogP) is 3.06. The Kier molecular flexibility index (Phi) is 4.40. The highest BCUT2D eigenvalue weighted by Crippen LogP contribution is 2.27. The quantitative estimate of drug-likeness (QED) is 0.535. The first kappa shape index (κ1) is 17.1. The normalized spacial score (nSPS) is 17.3. The molecule has 5 heterocycles. The van der Waals surface area contributed by atoms with E-state index < -0.39 is 0 Å². The van der Waals surface area contributed by atoms with E-state index in [1.807, 2.05) is 57.8 Å². The van der Waals surface area contributed by atoms with Gasteiger partial charge in [-0.2, -0.15) is 0 Å². The van der Waals surface area contributed by atoms with Crippen LogP contribution in [0.4, 0.5) is 0 Å². The fourth-order valence-electron chi connectivity index (χ4n) is 3.88. The second-order valence-corrected chi connectivity index (χ2v) is 7.79. The Labute approximate surface area is 166 Å². The van der Waals surface area contributed by atoms with Gasteiger partial charge in [0.2, 0.25) is 0 Å². The molecule has 1 aliphatic heterocycles. The molecule has 5 rings (SSSR count). The third-order valence-corrected chi connectivity index (χ3v) is 5.86. The molecule has 28 heavy (non-hydrogen) atoms. The number of fused-ring (bicyclic) bond motifs is 1. The average Bonchev–Trinajstić information content (AvgIpc) is 3.48. The van der Waals surface area contributed by atoms with Crippen LogP contribution < -0.4 is 0 Å². The second kappa shape index (κ2) is 7.20. The third-order valence-electron chi connectivity index (χ3n) is 5.22. The molecule has 0 spiro atoms. The van der Waals surface area contributed by atoms with Gasteiger partial charge in [-0.25, -0.2) is 15.0 Å². The van der Waals surface area contributed by atoms with E-state index in [2.05, 4.69) is 24.9 Å². The molecule has 142 valence electrons. The number of likely N-dealkylation sites (tertiary alicyclic amines) is 1. The fourth-order valence-corrected chi connectivity index (χ4v) is 4.43. The first-order valence-electron chi connectivity index (χ1n) is 9.39. The van der Waals surface area contributed by atoms with E-state index in [0.717, 1.165) is 43.1 Å². The summed E-state index contributed by atoms with van der Waals surface area (Å²) in [6.45, 7) is 2.15. The van der Waals surface area contributed by atoms with Gasteiger partial charge >= 0.3 is 0 Å². The summed E-state index contributed by atoms with van der Waals surface area (Å²) in [7, 11) is 0.